The van der Waals surface area contributed by atoms with Gasteiger partial charge in [0.25, 0.3) is 0 Å². The van der Waals surface area contributed by atoms with Crippen LogP contribution in [-0.4, -0.2) is 22.4 Å². The standard InChI is InChI=1S/C30H40NOP/c1-22-20-23(2)28(32)27(21-22)30(24-12-6-3-7-13-24)18-19-33(26-16-10-5-11-17-26)29(30)31-25-14-8-4-9-15-25/h4,8-9,14-15,20-21,24,26,32H,3,5-7,10-13,16-19H2,1-2H3. The number of aromatic hydroxyl groups is 1. The molecule has 0 bridgehead atoms. The van der Waals surface area contributed by atoms with E-state index in [4.69, 9.17) is 4.99 Å². The van der Waals surface area contributed by atoms with Gasteiger partial charge in [-0.3, -0.25) is 4.99 Å². The van der Waals surface area contributed by atoms with E-state index in [1.54, 1.807) is 0 Å². The summed E-state index contributed by atoms with van der Waals surface area (Å²) >= 11 is 0. The number of phenols is 1. The first kappa shape index (κ1) is 23.1. The normalized spacial score (nSPS) is 28.4. The van der Waals surface area contributed by atoms with Crippen molar-refractivity contribution < 1.29 is 5.11 Å². The highest BCUT2D eigenvalue weighted by Crippen LogP contribution is 2.66. The molecule has 33 heavy (non-hydrogen) atoms. The topological polar surface area (TPSA) is 32.6 Å². The lowest BCUT2D eigenvalue weighted by molar-refractivity contribution is 0.257. The summed E-state index contributed by atoms with van der Waals surface area (Å²) in [5.41, 5.74) is 6.78. The highest BCUT2D eigenvalue weighted by molar-refractivity contribution is 7.76. The number of hydrogen-bond donors (Lipinski definition) is 1. The molecule has 2 unspecified atom stereocenters. The van der Waals surface area contributed by atoms with Crippen LogP contribution in [0.4, 0.5) is 5.69 Å². The zero-order valence-corrected chi connectivity index (χ0v) is 21.4. The van der Waals surface area contributed by atoms with Crippen molar-refractivity contribution in [2.75, 3.05) is 6.16 Å². The largest absolute Gasteiger partial charge is 0.507 e. The number of benzene rings is 2. The number of para-hydroxylation sites is 1. The van der Waals surface area contributed by atoms with Gasteiger partial charge in [-0.05, 0) is 81.4 Å². The lowest BCUT2D eigenvalue weighted by Crippen LogP contribution is -2.41. The van der Waals surface area contributed by atoms with Crippen LogP contribution in [-0.2, 0) is 5.41 Å². The number of rotatable bonds is 4. The van der Waals surface area contributed by atoms with E-state index in [2.05, 4.69) is 56.3 Å². The van der Waals surface area contributed by atoms with Gasteiger partial charge in [0.05, 0.1) is 11.1 Å². The number of aryl methyl sites for hydroxylation is 2. The van der Waals surface area contributed by atoms with Gasteiger partial charge in [0.1, 0.15) is 5.75 Å². The van der Waals surface area contributed by atoms with Gasteiger partial charge >= 0.3 is 0 Å². The zero-order chi connectivity index (χ0) is 22.8. The average Bonchev–Trinajstić information content (AvgIpc) is 3.23. The maximum Gasteiger partial charge on any atom is 0.122 e. The minimum absolute atomic E-state index is 0.0969. The molecule has 2 atom stereocenters. The molecule has 0 radical (unpaired) electrons. The van der Waals surface area contributed by atoms with Crippen LogP contribution in [0, 0.1) is 19.8 Å². The van der Waals surface area contributed by atoms with Gasteiger partial charge in [-0.25, -0.2) is 0 Å². The Morgan fingerprint density at radius 3 is 2.24 bits per heavy atom. The van der Waals surface area contributed by atoms with Crippen molar-refractivity contribution in [1.82, 2.24) is 0 Å². The Morgan fingerprint density at radius 2 is 1.55 bits per heavy atom. The zero-order valence-electron chi connectivity index (χ0n) is 20.5. The molecule has 3 heteroatoms. The van der Waals surface area contributed by atoms with Crippen LogP contribution >= 0.6 is 7.92 Å². The summed E-state index contributed by atoms with van der Waals surface area (Å²) in [5.74, 6) is 1.13. The second-order valence-electron chi connectivity index (χ2n) is 10.8. The van der Waals surface area contributed by atoms with Crippen LogP contribution in [0.1, 0.15) is 87.3 Å². The van der Waals surface area contributed by atoms with E-state index in [-0.39, 0.29) is 13.3 Å². The number of hydrogen-bond acceptors (Lipinski definition) is 2. The molecule has 176 valence electrons. The molecule has 2 aromatic carbocycles. The average molecular weight is 462 g/mol. The third-order valence-corrected chi connectivity index (χ3v) is 11.8. The Labute approximate surface area is 201 Å². The molecule has 2 saturated carbocycles. The van der Waals surface area contributed by atoms with Crippen molar-refractivity contribution in [3.8, 4) is 5.75 Å². The van der Waals surface area contributed by atoms with E-state index in [1.165, 1.54) is 93.4 Å². The van der Waals surface area contributed by atoms with E-state index in [9.17, 15) is 5.11 Å². The molecule has 0 spiro atoms. The van der Waals surface area contributed by atoms with Crippen molar-refractivity contribution in [2.24, 2.45) is 10.9 Å². The highest BCUT2D eigenvalue weighted by Gasteiger charge is 2.54. The van der Waals surface area contributed by atoms with Crippen molar-refractivity contribution in [3.05, 3.63) is 59.2 Å². The van der Waals surface area contributed by atoms with Gasteiger partial charge in [0.2, 0.25) is 0 Å². The highest BCUT2D eigenvalue weighted by atomic mass is 31.1. The van der Waals surface area contributed by atoms with E-state index in [0.717, 1.165) is 16.9 Å². The van der Waals surface area contributed by atoms with Gasteiger partial charge < -0.3 is 5.11 Å². The van der Waals surface area contributed by atoms with E-state index in [0.29, 0.717) is 11.7 Å². The van der Waals surface area contributed by atoms with E-state index < -0.39 is 0 Å². The first-order chi connectivity index (χ1) is 16.1. The Bertz CT molecular complexity index is 988. The third kappa shape index (κ3) is 4.41. The van der Waals surface area contributed by atoms with Crippen LogP contribution in [0.3, 0.4) is 0 Å². The summed E-state index contributed by atoms with van der Waals surface area (Å²) in [6, 6.07) is 15.1. The summed E-state index contributed by atoms with van der Waals surface area (Å²) in [5, 5.41) is 11.5. The van der Waals surface area contributed by atoms with Crippen molar-refractivity contribution in [2.45, 2.75) is 95.6 Å². The van der Waals surface area contributed by atoms with Crippen molar-refractivity contribution >= 4 is 19.1 Å². The molecule has 2 nitrogen and oxygen atoms in total. The fraction of sp³-hybridized carbons (Fsp3) is 0.567. The predicted molar refractivity (Wildman–Crippen MR) is 143 cm³/mol. The summed E-state index contributed by atoms with van der Waals surface area (Å²) in [6.07, 6.45) is 15.9. The molecule has 2 aromatic rings. The van der Waals surface area contributed by atoms with Crippen LogP contribution in [0.5, 0.6) is 5.75 Å². The second-order valence-corrected chi connectivity index (χ2v) is 13.3. The lowest BCUT2D eigenvalue weighted by atomic mass is 9.63. The van der Waals surface area contributed by atoms with Crippen LogP contribution in [0.2, 0.25) is 0 Å². The van der Waals surface area contributed by atoms with Gasteiger partial charge in [-0.15, -0.1) is 0 Å². The van der Waals surface area contributed by atoms with Crippen molar-refractivity contribution in [1.29, 1.82) is 0 Å². The molecule has 1 N–H and O–H groups in total. The Hall–Kier alpha value is -1.66. The minimum atomic E-state index is -0.279. The molecular weight excluding hydrogens is 421 g/mol. The molecule has 1 saturated heterocycles. The molecule has 2 aliphatic carbocycles. The minimum Gasteiger partial charge on any atom is -0.507 e. The summed E-state index contributed by atoms with van der Waals surface area (Å²) in [4.78, 5) is 5.55. The van der Waals surface area contributed by atoms with Crippen molar-refractivity contribution in [3.63, 3.8) is 0 Å². The quantitative estimate of drug-likeness (QED) is 0.453. The fourth-order valence-electron chi connectivity index (χ4n) is 7.06. The Morgan fingerprint density at radius 1 is 0.879 bits per heavy atom. The number of phenolic OH excluding ortho intramolecular Hbond substituents is 1. The van der Waals surface area contributed by atoms with E-state index in [1.807, 2.05) is 0 Å². The molecule has 3 aliphatic rings. The molecule has 0 amide bonds. The maximum absolute atomic E-state index is 11.5. The molecule has 5 rings (SSSR count). The Balaban J connectivity index is 1.71. The predicted octanol–water partition coefficient (Wildman–Crippen LogP) is 8.78. The molecular formula is C30H40NOP. The molecule has 3 fully saturated rings. The summed E-state index contributed by atoms with van der Waals surface area (Å²) in [6.45, 7) is 4.27. The maximum atomic E-state index is 11.5. The van der Waals surface area contributed by atoms with Gasteiger partial charge in [0.15, 0.2) is 0 Å². The summed E-state index contributed by atoms with van der Waals surface area (Å²) < 4.78 is 0. The fourth-order valence-corrected chi connectivity index (χ4v) is 10.7. The SMILES string of the molecule is Cc1cc(C)c(O)c(C2(C3CCCCC3)CCP(C3CCCCC3)C2=Nc2ccccc2)c1. The first-order valence-corrected chi connectivity index (χ1v) is 14.9. The van der Waals surface area contributed by atoms with Crippen LogP contribution < -0.4 is 0 Å². The monoisotopic (exact) mass is 461 g/mol. The smallest absolute Gasteiger partial charge is 0.122 e. The van der Waals surface area contributed by atoms with E-state index >= 15 is 0 Å². The van der Waals surface area contributed by atoms with Gasteiger partial charge in [-0.2, -0.15) is 0 Å². The molecule has 1 heterocycles. The summed E-state index contributed by atoms with van der Waals surface area (Å²) in [7, 11) is -0.279. The molecule has 1 aliphatic heterocycles. The first-order valence-electron chi connectivity index (χ1n) is 13.3. The number of nitrogens with zero attached hydrogens (tertiary/aromatic N) is 1. The van der Waals surface area contributed by atoms with Crippen LogP contribution in [0.15, 0.2) is 47.5 Å². The third-order valence-electron chi connectivity index (χ3n) is 8.65. The van der Waals surface area contributed by atoms with Gasteiger partial charge in [0, 0.05) is 11.0 Å². The van der Waals surface area contributed by atoms with Crippen LogP contribution in [0.25, 0.3) is 0 Å². The Kier molecular flexibility index (Phi) is 6.94. The lowest BCUT2D eigenvalue weighted by Gasteiger charge is -2.43. The molecule has 0 aromatic heterocycles. The second kappa shape index (κ2) is 9.91. The van der Waals surface area contributed by atoms with Gasteiger partial charge in [-0.1, -0.05) is 82.3 Å². The number of aliphatic imine (C=N–C) groups is 1.